The Morgan fingerprint density at radius 2 is 1.91 bits per heavy atom. The molecular weight excluding hydrogens is 463 g/mol. The van der Waals surface area contributed by atoms with E-state index < -0.39 is 12.0 Å². The van der Waals surface area contributed by atoms with Crippen LogP contribution >= 0.6 is 11.3 Å². The molecule has 7 nitrogen and oxygen atoms in total. The van der Waals surface area contributed by atoms with Gasteiger partial charge in [0.15, 0.2) is 5.82 Å². The van der Waals surface area contributed by atoms with Crippen LogP contribution in [-0.4, -0.2) is 35.8 Å². The second kappa shape index (κ2) is 7.79. The minimum atomic E-state index is -4.53. The van der Waals surface area contributed by atoms with Crippen molar-refractivity contribution in [2.75, 3.05) is 11.4 Å². The van der Waals surface area contributed by atoms with Gasteiger partial charge in [0.1, 0.15) is 10.6 Å². The number of hydrogen-bond donors (Lipinski definition) is 0. The van der Waals surface area contributed by atoms with Gasteiger partial charge < -0.3 is 9.47 Å². The molecule has 34 heavy (non-hydrogen) atoms. The number of rotatable bonds is 4. The van der Waals surface area contributed by atoms with Crippen molar-refractivity contribution >= 4 is 38.3 Å². The Bertz CT molecular complexity index is 1510. The number of alkyl halides is 3. The van der Waals surface area contributed by atoms with Crippen LogP contribution in [0.15, 0.2) is 42.6 Å². The lowest BCUT2D eigenvalue weighted by molar-refractivity contribution is -0.147. The van der Waals surface area contributed by atoms with Gasteiger partial charge in [0.25, 0.3) is 0 Å². The SMILES string of the molecule is CCCc1cc2c(N3CCn4c(nnc4C(F)(F)F)C3)nc(-n3ccc4ccccc43)nc2s1. The summed E-state index contributed by atoms with van der Waals surface area (Å²) in [4.78, 5) is 13.8. The van der Waals surface area contributed by atoms with Crippen LogP contribution in [0.5, 0.6) is 0 Å². The van der Waals surface area contributed by atoms with Crippen LogP contribution in [0, 0.1) is 0 Å². The molecule has 6 rings (SSSR count). The van der Waals surface area contributed by atoms with Crippen molar-refractivity contribution < 1.29 is 13.2 Å². The number of benzene rings is 1. The molecule has 5 heterocycles. The molecule has 0 unspecified atom stereocenters. The number of anilines is 1. The number of aromatic nitrogens is 6. The number of nitrogens with zero attached hydrogens (tertiary/aromatic N) is 7. The van der Waals surface area contributed by atoms with Gasteiger partial charge in [0.2, 0.25) is 11.8 Å². The minimum Gasteiger partial charge on any atom is -0.347 e. The van der Waals surface area contributed by atoms with Gasteiger partial charge in [-0.05, 0) is 24.6 Å². The summed E-state index contributed by atoms with van der Waals surface area (Å²) < 4.78 is 43.0. The number of fused-ring (bicyclic) bond motifs is 3. The van der Waals surface area contributed by atoms with E-state index in [1.165, 1.54) is 4.88 Å². The van der Waals surface area contributed by atoms with Crippen molar-refractivity contribution in [1.29, 1.82) is 0 Å². The smallest absolute Gasteiger partial charge is 0.347 e. The van der Waals surface area contributed by atoms with E-state index in [0.29, 0.717) is 18.3 Å². The summed E-state index contributed by atoms with van der Waals surface area (Å²) in [7, 11) is 0. The third-order valence-electron chi connectivity index (χ3n) is 6.03. The highest BCUT2D eigenvalue weighted by atomic mass is 32.1. The first-order valence-corrected chi connectivity index (χ1v) is 11.8. The molecule has 0 fully saturated rings. The van der Waals surface area contributed by atoms with E-state index in [1.807, 2.05) is 46.0 Å². The van der Waals surface area contributed by atoms with Crippen LogP contribution in [0.2, 0.25) is 0 Å². The molecular formula is C23H20F3N7S. The van der Waals surface area contributed by atoms with Gasteiger partial charge >= 0.3 is 6.18 Å². The average Bonchev–Trinajstić information content (AvgIpc) is 3.53. The maximum Gasteiger partial charge on any atom is 0.451 e. The van der Waals surface area contributed by atoms with Crippen molar-refractivity contribution in [2.24, 2.45) is 0 Å². The van der Waals surface area contributed by atoms with Crippen molar-refractivity contribution in [2.45, 2.75) is 39.0 Å². The predicted molar refractivity (Wildman–Crippen MR) is 124 cm³/mol. The number of thiophene rings is 1. The molecule has 0 atom stereocenters. The standard InChI is InChI=1S/C23H20F3N7S/c1-2-5-15-12-16-19(31-10-11-33-18(13-31)29-30-21(33)23(24,25)26)27-22(28-20(16)34-15)32-9-8-14-6-3-4-7-17(14)32/h3-4,6-9,12H,2,5,10-11,13H2,1H3. The fraction of sp³-hybridized carbons (Fsp3) is 0.304. The summed E-state index contributed by atoms with van der Waals surface area (Å²) in [5.41, 5.74) is 0.992. The highest BCUT2D eigenvalue weighted by molar-refractivity contribution is 7.18. The van der Waals surface area contributed by atoms with Gasteiger partial charge in [-0.3, -0.25) is 4.57 Å². The molecule has 174 valence electrons. The Morgan fingerprint density at radius 1 is 1.06 bits per heavy atom. The van der Waals surface area contributed by atoms with Crippen LogP contribution in [0.4, 0.5) is 19.0 Å². The van der Waals surface area contributed by atoms with Crippen LogP contribution in [0.25, 0.3) is 27.1 Å². The zero-order valence-corrected chi connectivity index (χ0v) is 19.1. The number of para-hydroxylation sites is 1. The summed E-state index contributed by atoms with van der Waals surface area (Å²) in [5, 5.41) is 9.23. The number of halogens is 3. The monoisotopic (exact) mass is 483 g/mol. The summed E-state index contributed by atoms with van der Waals surface area (Å²) in [6.45, 7) is 2.82. The molecule has 5 aromatic rings. The van der Waals surface area contributed by atoms with E-state index >= 15 is 0 Å². The van der Waals surface area contributed by atoms with Crippen molar-refractivity contribution in [3.63, 3.8) is 0 Å². The Morgan fingerprint density at radius 3 is 2.74 bits per heavy atom. The van der Waals surface area contributed by atoms with Crippen molar-refractivity contribution in [3.8, 4) is 5.95 Å². The summed E-state index contributed by atoms with van der Waals surface area (Å²) in [6, 6.07) is 12.1. The van der Waals surface area contributed by atoms with Gasteiger partial charge in [-0.15, -0.1) is 21.5 Å². The first kappa shape index (κ1) is 21.1. The fourth-order valence-electron chi connectivity index (χ4n) is 4.47. The molecule has 0 saturated heterocycles. The maximum absolute atomic E-state index is 13.3. The third kappa shape index (κ3) is 3.42. The lowest BCUT2D eigenvalue weighted by Crippen LogP contribution is -2.36. The minimum absolute atomic E-state index is 0.135. The van der Waals surface area contributed by atoms with Crippen LogP contribution in [0.3, 0.4) is 0 Å². The molecule has 0 saturated carbocycles. The second-order valence-corrected chi connectivity index (χ2v) is 9.40. The first-order chi connectivity index (χ1) is 16.4. The summed E-state index contributed by atoms with van der Waals surface area (Å²) >= 11 is 1.64. The fourth-order valence-corrected chi connectivity index (χ4v) is 5.59. The average molecular weight is 484 g/mol. The summed E-state index contributed by atoms with van der Waals surface area (Å²) in [6.07, 6.45) is -0.636. The normalized spacial score (nSPS) is 14.3. The number of aryl methyl sites for hydroxylation is 1. The Balaban J connectivity index is 1.48. The Hall–Kier alpha value is -3.47. The van der Waals surface area contributed by atoms with E-state index in [2.05, 4.69) is 23.2 Å². The molecule has 0 N–H and O–H groups in total. The highest BCUT2D eigenvalue weighted by Gasteiger charge is 2.39. The number of hydrogen-bond acceptors (Lipinski definition) is 6. The van der Waals surface area contributed by atoms with Gasteiger partial charge in [-0.25, -0.2) is 4.98 Å². The predicted octanol–water partition coefficient (Wildman–Crippen LogP) is 5.22. The topological polar surface area (TPSA) is 64.7 Å². The molecule has 1 aromatic carbocycles. The van der Waals surface area contributed by atoms with Gasteiger partial charge in [-0.2, -0.15) is 18.2 Å². The summed E-state index contributed by atoms with van der Waals surface area (Å²) in [5.74, 6) is 0.577. The Labute approximate surface area is 196 Å². The molecule has 0 radical (unpaired) electrons. The molecule has 1 aliphatic rings. The quantitative estimate of drug-likeness (QED) is 0.351. The third-order valence-corrected chi connectivity index (χ3v) is 7.12. The van der Waals surface area contributed by atoms with Gasteiger partial charge in [0.05, 0.1) is 17.4 Å². The van der Waals surface area contributed by atoms with Crippen LogP contribution < -0.4 is 4.90 Å². The zero-order valence-electron chi connectivity index (χ0n) is 18.2. The first-order valence-electron chi connectivity index (χ1n) is 11.0. The molecule has 0 amide bonds. The van der Waals surface area contributed by atoms with Crippen molar-refractivity contribution in [1.82, 2.24) is 29.3 Å². The largest absolute Gasteiger partial charge is 0.451 e. The molecule has 11 heteroatoms. The maximum atomic E-state index is 13.3. The lowest BCUT2D eigenvalue weighted by Gasteiger charge is -2.29. The van der Waals surface area contributed by atoms with Crippen molar-refractivity contribution in [3.05, 3.63) is 59.1 Å². The highest BCUT2D eigenvalue weighted by Crippen LogP contribution is 2.35. The van der Waals surface area contributed by atoms with Crippen LogP contribution in [-0.2, 0) is 25.7 Å². The molecule has 4 aromatic heterocycles. The van der Waals surface area contributed by atoms with E-state index in [-0.39, 0.29) is 18.9 Å². The van der Waals surface area contributed by atoms with Gasteiger partial charge in [0, 0.05) is 29.5 Å². The molecule has 0 aliphatic carbocycles. The van der Waals surface area contributed by atoms with E-state index in [9.17, 15) is 13.2 Å². The zero-order chi connectivity index (χ0) is 23.4. The molecule has 0 bridgehead atoms. The van der Waals surface area contributed by atoms with E-state index in [1.54, 1.807) is 11.3 Å². The Kier molecular flexibility index (Phi) is 4.83. The molecule has 1 aliphatic heterocycles. The van der Waals surface area contributed by atoms with Crippen LogP contribution in [0.1, 0.15) is 29.9 Å². The lowest BCUT2D eigenvalue weighted by atomic mass is 10.2. The second-order valence-electron chi connectivity index (χ2n) is 8.28. The van der Waals surface area contributed by atoms with Gasteiger partial charge in [-0.1, -0.05) is 31.5 Å². The van der Waals surface area contributed by atoms with E-state index in [0.717, 1.165) is 38.5 Å². The molecule has 0 spiro atoms. The van der Waals surface area contributed by atoms with E-state index in [4.69, 9.17) is 9.97 Å².